The molecule has 9 nitrogen and oxygen atoms in total. The summed E-state index contributed by atoms with van der Waals surface area (Å²) in [6.07, 6.45) is -2.81. The van der Waals surface area contributed by atoms with Crippen LogP contribution in [-0.4, -0.2) is 58.9 Å². The third-order valence-corrected chi connectivity index (χ3v) is 8.97. The molecule has 2 atom stereocenters. The molecule has 6 rings (SSSR count). The number of ether oxygens (including phenoxy) is 1. The highest BCUT2D eigenvalue weighted by atomic mass is 32.1. The Bertz CT molecular complexity index is 1660. The van der Waals surface area contributed by atoms with Crippen LogP contribution in [0.2, 0.25) is 0 Å². The van der Waals surface area contributed by atoms with E-state index in [0.29, 0.717) is 42.4 Å². The van der Waals surface area contributed by atoms with Crippen molar-refractivity contribution in [1.82, 2.24) is 19.9 Å². The van der Waals surface area contributed by atoms with Crippen molar-refractivity contribution in [3.8, 4) is 5.75 Å². The lowest BCUT2D eigenvalue weighted by atomic mass is 10.2. The molecule has 1 N–H and O–H groups in total. The highest BCUT2D eigenvalue weighted by Crippen LogP contribution is 2.37. The lowest BCUT2D eigenvalue weighted by Gasteiger charge is -2.29. The molecule has 0 saturated carbocycles. The van der Waals surface area contributed by atoms with Gasteiger partial charge in [-0.1, -0.05) is 53.8 Å². The van der Waals surface area contributed by atoms with E-state index < -0.39 is 23.8 Å². The van der Waals surface area contributed by atoms with E-state index in [1.54, 1.807) is 24.3 Å². The van der Waals surface area contributed by atoms with Gasteiger partial charge in [-0.2, -0.15) is 13.2 Å². The average Bonchev–Trinajstić information content (AvgIpc) is 3.77. The number of methoxy groups -OCH3 is 1. The molecule has 2 aromatic heterocycles. The van der Waals surface area contributed by atoms with Gasteiger partial charge in [0.1, 0.15) is 17.8 Å². The van der Waals surface area contributed by atoms with Gasteiger partial charge in [0, 0.05) is 19.6 Å². The number of carbonyl (C=O) groups excluding carboxylic acids is 1. The number of nitrogens with zero attached hydrogens (tertiary/aromatic N) is 5. The third-order valence-electron chi connectivity index (χ3n) is 7.99. The van der Waals surface area contributed by atoms with Gasteiger partial charge in [0.25, 0.3) is 5.56 Å². The molecule has 2 fully saturated rings. The van der Waals surface area contributed by atoms with Crippen molar-refractivity contribution < 1.29 is 22.7 Å². The van der Waals surface area contributed by atoms with Gasteiger partial charge in [0.05, 0.1) is 13.7 Å². The predicted octanol–water partition coefficient (Wildman–Crippen LogP) is 4.73. The number of thiazole rings is 1. The van der Waals surface area contributed by atoms with Crippen molar-refractivity contribution in [2.45, 2.75) is 57.0 Å². The zero-order valence-electron chi connectivity index (χ0n) is 23.5. The maximum atomic E-state index is 14.0. The molecule has 0 radical (unpaired) electrons. The average molecular weight is 613 g/mol. The summed E-state index contributed by atoms with van der Waals surface area (Å²) in [6, 6.07) is 14.4. The molecule has 43 heavy (non-hydrogen) atoms. The zero-order chi connectivity index (χ0) is 30.1. The van der Waals surface area contributed by atoms with Crippen LogP contribution in [0.1, 0.15) is 36.8 Å². The molecule has 0 spiro atoms. The van der Waals surface area contributed by atoms with Crippen LogP contribution in [0.3, 0.4) is 0 Å². The summed E-state index contributed by atoms with van der Waals surface area (Å²) in [6.45, 7) is 1.11. The Kier molecular flexibility index (Phi) is 7.99. The number of halogens is 3. The zero-order valence-corrected chi connectivity index (χ0v) is 24.3. The number of fused-ring (bicyclic) bond motifs is 1. The van der Waals surface area contributed by atoms with Crippen LogP contribution < -0.4 is 25.4 Å². The summed E-state index contributed by atoms with van der Waals surface area (Å²) in [5.41, 5.74) is 1.25. The first-order chi connectivity index (χ1) is 20.7. The molecule has 0 bridgehead atoms. The molecule has 2 saturated heterocycles. The van der Waals surface area contributed by atoms with Crippen molar-refractivity contribution >= 4 is 38.7 Å². The Labute approximate surface area is 249 Å². The fourth-order valence-corrected chi connectivity index (χ4v) is 6.80. The van der Waals surface area contributed by atoms with E-state index in [-0.39, 0.29) is 41.7 Å². The number of hydrogen-bond acceptors (Lipinski definition) is 8. The molecule has 226 valence electrons. The molecule has 4 heterocycles. The Balaban J connectivity index is 1.35. The van der Waals surface area contributed by atoms with Crippen molar-refractivity contribution in [3.63, 3.8) is 0 Å². The van der Waals surface area contributed by atoms with E-state index in [0.717, 1.165) is 23.3 Å². The van der Waals surface area contributed by atoms with Gasteiger partial charge in [0.2, 0.25) is 11.9 Å². The van der Waals surface area contributed by atoms with Crippen LogP contribution in [0.4, 0.5) is 24.3 Å². The van der Waals surface area contributed by atoms with Crippen molar-refractivity contribution in [2.24, 2.45) is 0 Å². The summed E-state index contributed by atoms with van der Waals surface area (Å²) < 4.78 is 48.6. The van der Waals surface area contributed by atoms with Gasteiger partial charge in [-0.15, -0.1) is 0 Å². The van der Waals surface area contributed by atoms with Crippen LogP contribution in [0.25, 0.3) is 10.3 Å². The largest absolute Gasteiger partial charge is 0.497 e. The van der Waals surface area contributed by atoms with Gasteiger partial charge < -0.3 is 19.9 Å². The summed E-state index contributed by atoms with van der Waals surface area (Å²) >= 11 is 1.13. The SMILES string of the molecule is COc1ccc(Cn2c(N3CCC[C@@H]3C(F)(F)F)nc3sc(N4CCCC4C(=O)NCc4ccccc4)nc3c2=O)cc1. The second-order valence-electron chi connectivity index (χ2n) is 10.7. The number of rotatable bonds is 8. The lowest BCUT2D eigenvalue weighted by Crippen LogP contribution is -2.44. The Morgan fingerprint density at radius 1 is 1.00 bits per heavy atom. The molecule has 2 aromatic carbocycles. The first-order valence-electron chi connectivity index (χ1n) is 14.2. The van der Waals surface area contributed by atoms with Crippen LogP contribution in [0, 0.1) is 0 Å². The smallest absolute Gasteiger partial charge is 0.408 e. The quantitative estimate of drug-likeness (QED) is 0.308. The molecule has 2 aliphatic heterocycles. The highest BCUT2D eigenvalue weighted by Gasteiger charge is 2.47. The Morgan fingerprint density at radius 2 is 1.72 bits per heavy atom. The Morgan fingerprint density at radius 3 is 2.44 bits per heavy atom. The molecular formula is C30H31F3N6O3S. The minimum absolute atomic E-state index is 0.0171. The molecule has 0 aliphatic carbocycles. The Hall–Kier alpha value is -4.13. The first kappa shape index (κ1) is 29.0. The van der Waals surface area contributed by atoms with Crippen LogP contribution in [0.15, 0.2) is 59.4 Å². The molecule has 1 amide bonds. The second kappa shape index (κ2) is 11.9. The summed E-state index contributed by atoms with van der Waals surface area (Å²) in [4.78, 5) is 39.7. The van der Waals surface area contributed by atoms with Crippen molar-refractivity contribution in [2.75, 3.05) is 30.0 Å². The summed E-state index contributed by atoms with van der Waals surface area (Å²) in [5, 5.41) is 3.45. The molecule has 4 aromatic rings. The number of hydrogen-bond donors (Lipinski definition) is 1. The molecular weight excluding hydrogens is 581 g/mol. The van der Waals surface area contributed by atoms with E-state index in [1.807, 2.05) is 35.2 Å². The number of alkyl halides is 3. The minimum atomic E-state index is -4.47. The molecule has 2 aliphatic rings. The standard InChI is InChI=1S/C30H31F3N6O3S/c1-42-21-13-11-20(12-14-21)18-39-27(41)24-26(36-28(39)38-16-6-10-23(38)30(31,32)33)43-29(35-24)37-15-5-9-22(37)25(40)34-17-19-7-3-2-4-8-19/h2-4,7-8,11-14,22-23H,5-6,9-10,15-18H2,1H3,(H,34,40)/t22?,23-/m1/s1. The van der Waals surface area contributed by atoms with E-state index >= 15 is 0 Å². The van der Waals surface area contributed by atoms with E-state index in [4.69, 9.17) is 4.74 Å². The topological polar surface area (TPSA) is 92.6 Å². The van der Waals surface area contributed by atoms with E-state index in [1.165, 1.54) is 16.6 Å². The monoisotopic (exact) mass is 612 g/mol. The normalized spacial score (nSPS) is 18.9. The number of anilines is 2. The van der Waals surface area contributed by atoms with Gasteiger partial charge in [-0.3, -0.25) is 14.2 Å². The van der Waals surface area contributed by atoms with Crippen LogP contribution in [-0.2, 0) is 17.9 Å². The fraction of sp³-hybridized carbons (Fsp3) is 0.400. The third kappa shape index (κ3) is 5.90. The second-order valence-corrected chi connectivity index (χ2v) is 11.7. The molecule has 1 unspecified atom stereocenters. The van der Waals surface area contributed by atoms with E-state index in [2.05, 4.69) is 15.3 Å². The highest BCUT2D eigenvalue weighted by molar-refractivity contribution is 7.21. The lowest BCUT2D eigenvalue weighted by molar-refractivity contribution is -0.146. The van der Waals surface area contributed by atoms with Crippen LogP contribution in [0.5, 0.6) is 5.75 Å². The van der Waals surface area contributed by atoms with Gasteiger partial charge in [0.15, 0.2) is 15.5 Å². The van der Waals surface area contributed by atoms with Crippen LogP contribution >= 0.6 is 11.3 Å². The number of aromatic nitrogens is 3. The predicted molar refractivity (Wildman–Crippen MR) is 159 cm³/mol. The fourth-order valence-electron chi connectivity index (χ4n) is 5.80. The number of nitrogens with one attached hydrogen (secondary N) is 1. The minimum Gasteiger partial charge on any atom is -0.497 e. The summed E-state index contributed by atoms with van der Waals surface area (Å²) in [7, 11) is 1.54. The van der Waals surface area contributed by atoms with Gasteiger partial charge >= 0.3 is 6.18 Å². The van der Waals surface area contributed by atoms with Crippen molar-refractivity contribution in [1.29, 1.82) is 0 Å². The van der Waals surface area contributed by atoms with E-state index in [9.17, 15) is 22.8 Å². The van der Waals surface area contributed by atoms with Gasteiger partial charge in [-0.05, 0) is 48.9 Å². The maximum absolute atomic E-state index is 14.0. The first-order valence-corrected chi connectivity index (χ1v) is 15.0. The maximum Gasteiger partial charge on any atom is 0.408 e. The number of carbonyl (C=O) groups is 1. The van der Waals surface area contributed by atoms with Gasteiger partial charge in [-0.25, -0.2) is 9.97 Å². The number of benzene rings is 2. The molecule has 13 heteroatoms. The van der Waals surface area contributed by atoms with Crippen molar-refractivity contribution in [3.05, 3.63) is 76.1 Å². The summed E-state index contributed by atoms with van der Waals surface area (Å²) in [5.74, 6) is 0.455. The number of amides is 1.